The topological polar surface area (TPSA) is 135 Å². The summed E-state index contributed by atoms with van der Waals surface area (Å²) in [7, 11) is 0. The van der Waals surface area contributed by atoms with Crippen LogP contribution in [0.1, 0.15) is 64.7 Å². The van der Waals surface area contributed by atoms with Crippen molar-refractivity contribution in [1.82, 2.24) is 0 Å². The summed E-state index contributed by atoms with van der Waals surface area (Å²) < 4.78 is 29.9. The van der Waals surface area contributed by atoms with E-state index in [9.17, 15) is 24.3 Å². The van der Waals surface area contributed by atoms with Gasteiger partial charge in [-0.3, -0.25) is 14.4 Å². The molecule has 8 atom stereocenters. The van der Waals surface area contributed by atoms with Crippen LogP contribution in [0.15, 0.2) is 30.3 Å². The van der Waals surface area contributed by atoms with Gasteiger partial charge in [-0.2, -0.15) is 0 Å². The molecule has 10 heteroatoms. The summed E-state index contributed by atoms with van der Waals surface area (Å²) in [5, 5.41) is 12.0. The first-order chi connectivity index (χ1) is 17.8. The van der Waals surface area contributed by atoms with E-state index in [0.29, 0.717) is 5.56 Å². The van der Waals surface area contributed by atoms with Crippen LogP contribution in [-0.4, -0.2) is 71.2 Å². The molecule has 3 fully saturated rings. The first kappa shape index (κ1) is 28.0. The summed E-state index contributed by atoms with van der Waals surface area (Å²) in [5.41, 5.74) is -3.63. The Morgan fingerprint density at radius 2 is 1.58 bits per heavy atom. The van der Waals surface area contributed by atoms with Crippen LogP contribution in [0.2, 0.25) is 0 Å². The number of hydrogen-bond donors (Lipinski definition) is 1. The molecule has 1 spiro atoms. The average molecular weight is 533 g/mol. The minimum atomic E-state index is -1.63. The number of aliphatic hydroxyl groups is 1. The molecule has 0 unspecified atom stereocenters. The largest absolute Gasteiger partial charge is 0.465 e. The lowest BCUT2D eigenvalue weighted by Gasteiger charge is -2.63. The van der Waals surface area contributed by atoms with Crippen molar-refractivity contribution in [1.29, 1.82) is 0 Å². The smallest absolute Gasteiger partial charge is 0.338 e. The van der Waals surface area contributed by atoms with Crippen LogP contribution in [0.4, 0.5) is 0 Å². The Balaban J connectivity index is 1.93. The molecule has 2 aliphatic carbocycles. The van der Waals surface area contributed by atoms with E-state index in [2.05, 4.69) is 0 Å². The molecule has 2 saturated carbocycles. The summed E-state index contributed by atoms with van der Waals surface area (Å²) in [5.74, 6) is -3.28. The molecule has 0 aromatic heterocycles. The molecule has 0 radical (unpaired) electrons. The second-order valence-corrected chi connectivity index (χ2v) is 11.2. The molecule has 2 bridgehead atoms. The number of carbonyl (C=O) groups is 4. The molecular formula is C28H36O10. The highest BCUT2D eigenvalue weighted by molar-refractivity contribution is 5.89. The molecular weight excluding hydrogens is 496 g/mol. The third-order valence-electron chi connectivity index (χ3n) is 8.46. The van der Waals surface area contributed by atoms with E-state index in [1.54, 1.807) is 30.3 Å². The molecule has 3 aliphatic rings. The summed E-state index contributed by atoms with van der Waals surface area (Å²) in [6.07, 6.45) is -4.05. The number of fused-ring (bicyclic) bond motifs is 1. The first-order valence-corrected chi connectivity index (χ1v) is 12.9. The maximum Gasteiger partial charge on any atom is 0.338 e. The fourth-order valence-corrected chi connectivity index (χ4v) is 7.05. The lowest BCUT2D eigenvalue weighted by molar-refractivity contribution is -0.317. The van der Waals surface area contributed by atoms with E-state index in [1.165, 1.54) is 20.8 Å². The first-order valence-electron chi connectivity index (χ1n) is 12.9. The molecule has 4 rings (SSSR count). The molecule has 1 aliphatic heterocycles. The number of aliphatic hydroxyl groups excluding tert-OH is 1. The van der Waals surface area contributed by atoms with Crippen molar-refractivity contribution in [3.8, 4) is 0 Å². The Morgan fingerprint density at radius 1 is 0.947 bits per heavy atom. The predicted molar refractivity (Wildman–Crippen MR) is 132 cm³/mol. The Hall–Kier alpha value is -2.98. The quantitative estimate of drug-likeness (QED) is 0.430. The highest BCUT2D eigenvalue weighted by Crippen LogP contribution is 2.67. The SMILES string of the molecule is CC(=O)OC[C@]12[C@@H](OC(=O)c3ccccc3)C[C@@H]3[C@@H](OC(C)=O)[C@]1(OC3(C)C)[C@H](C)C[C@H](OC(C)=O)[C@@H]2O. The summed E-state index contributed by atoms with van der Waals surface area (Å²) in [4.78, 5) is 49.8. The number of hydrogen-bond acceptors (Lipinski definition) is 10. The Kier molecular flexibility index (Phi) is 7.35. The van der Waals surface area contributed by atoms with Crippen molar-refractivity contribution in [2.75, 3.05) is 6.61 Å². The van der Waals surface area contributed by atoms with Crippen molar-refractivity contribution in [3.05, 3.63) is 35.9 Å². The molecule has 1 saturated heterocycles. The van der Waals surface area contributed by atoms with E-state index in [0.717, 1.165) is 0 Å². The number of rotatable bonds is 6. The van der Waals surface area contributed by atoms with Gasteiger partial charge in [-0.15, -0.1) is 0 Å². The molecule has 1 N–H and O–H groups in total. The molecule has 0 amide bonds. The van der Waals surface area contributed by atoms with Crippen LogP contribution in [0, 0.1) is 17.3 Å². The Bertz CT molecular complexity index is 1100. The van der Waals surface area contributed by atoms with Crippen LogP contribution < -0.4 is 0 Å². The maximum atomic E-state index is 13.3. The van der Waals surface area contributed by atoms with Gasteiger partial charge >= 0.3 is 23.9 Å². The molecule has 1 aromatic rings. The lowest BCUT2D eigenvalue weighted by atomic mass is 9.48. The van der Waals surface area contributed by atoms with Gasteiger partial charge in [-0.05, 0) is 44.7 Å². The number of esters is 4. The monoisotopic (exact) mass is 532 g/mol. The zero-order chi connectivity index (χ0) is 28.0. The van der Waals surface area contributed by atoms with Gasteiger partial charge in [0, 0.05) is 26.7 Å². The second kappa shape index (κ2) is 9.96. The Morgan fingerprint density at radius 3 is 2.16 bits per heavy atom. The minimum absolute atomic E-state index is 0.142. The third kappa shape index (κ3) is 4.37. The van der Waals surface area contributed by atoms with Crippen molar-refractivity contribution < 1.29 is 48.0 Å². The van der Waals surface area contributed by atoms with E-state index in [-0.39, 0.29) is 12.8 Å². The van der Waals surface area contributed by atoms with Gasteiger partial charge in [0.1, 0.15) is 42.0 Å². The van der Waals surface area contributed by atoms with E-state index in [1.807, 2.05) is 20.8 Å². The maximum absolute atomic E-state index is 13.3. The zero-order valence-electron chi connectivity index (χ0n) is 22.6. The van der Waals surface area contributed by atoms with E-state index < -0.39 is 83.4 Å². The summed E-state index contributed by atoms with van der Waals surface area (Å²) >= 11 is 0. The molecule has 38 heavy (non-hydrogen) atoms. The van der Waals surface area contributed by atoms with Crippen molar-refractivity contribution >= 4 is 23.9 Å². The predicted octanol–water partition coefficient (Wildman–Crippen LogP) is 2.59. The fraction of sp³-hybridized carbons (Fsp3) is 0.643. The van der Waals surface area contributed by atoms with E-state index in [4.69, 9.17) is 23.7 Å². The molecule has 1 aromatic carbocycles. The van der Waals surface area contributed by atoms with Gasteiger partial charge in [-0.25, -0.2) is 4.79 Å². The fourth-order valence-electron chi connectivity index (χ4n) is 7.05. The molecule has 10 nitrogen and oxygen atoms in total. The third-order valence-corrected chi connectivity index (χ3v) is 8.46. The standard InChI is InChI=1S/C28H36O10/c1-15-12-21(35-17(3)30)23(32)27(14-34-16(2)29)22(37-25(33)19-10-8-7-9-11-19)13-20-24(36-18(4)31)28(15,27)38-26(20,5)6/h7-11,15,20-24,32H,12-14H2,1-6H3/t15-,20-,21+,22+,23+,24-,27-,28-/m1/s1. The van der Waals surface area contributed by atoms with Crippen LogP contribution in [0.25, 0.3) is 0 Å². The summed E-state index contributed by atoms with van der Waals surface area (Å²) in [6, 6.07) is 8.39. The average Bonchev–Trinajstić information content (AvgIpc) is 2.99. The van der Waals surface area contributed by atoms with Crippen molar-refractivity contribution in [2.45, 2.75) is 90.0 Å². The van der Waals surface area contributed by atoms with Crippen LogP contribution in [0.3, 0.4) is 0 Å². The Labute approximate surface area is 221 Å². The van der Waals surface area contributed by atoms with Crippen LogP contribution in [0.5, 0.6) is 0 Å². The minimum Gasteiger partial charge on any atom is -0.465 e. The lowest BCUT2D eigenvalue weighted by Crippen LogP contribution is -2.78. The van der Waals surface area contributed by atoms with Gasteiger partial charge in [-0.1, -0.05) is 25.1 Å². The van der Waals surface area contributed by atoms with Crippen molar-refractivity contribution in [2.24, 2.45) is 17.3 Å². The highest BCUT2D eigenvalue weighted by atomic mass is 16.6. The van der Waals surface area contributed by atoms with Gasteiger partial charge < -0.3 is 28.8 Å². The molecule has 1 heterocycles. The normalized spacial score (nSPS) is 36.9. The van der Waals surface area contributed by atoms with Gasteiger partial charge in [0.15, 0.2) is 0 Å². The molecule has 208 valence electrons. The van der Waals surface area contributed by atoms with E-state index >= 15 is 0 Å². The second-order valence-electron chi connectivity index (χ2n) is 11.2. The van der Waals surface area contributed by atoms with Crippen LogP contribution in [-0.2, 0) is 38.1 Å². The summed E-state index contributed by atoms with van der Waals surface area (Å²) in [6.45, 7) is 8.91. The van der Waals surface area contributed by atoms with Gasteiger partial charge in [0.25, 0.3) is 0 Å². The van der Waals surface area contributed by atoms with Crippen LogP contribution >= 0.6 is 0 Å². The van der Waals surface area contributed by atoms with Gasteiger partial charge in [0.2, 0.25) is 0 Å². The van der Waals surface area contributed by atoms with Crippen molar-refractivity contribution in [3.63, 3.8) is 0 Å². The number of carbonyl (C=O) groups excluding carboxylic acids is 4. The van der Waals surface area contributed by atoms with Gasteiger partial charge in [0.05, 0.1) is 11.2 Å². The highest BCUT2D eigenvalue weighted by Gasteiger charge is 2.81. The number of benzene rings is 1. The number of ether oxygens (including phenoxy) is 5. The zero-order valence-corrected chi connectivity index (χ0v) is 22.6.